The fourth-order valence-electron chi connectivity index (χ4n) is 7.50. The van der Waals surface area contributed by atoms with E-state index in [2.05, 4.69) is 5.32 Å². The molecule has 6 rings (SSSR count). The number of hydrogen-bond acceptors (Lipinski definition) is 9. The van der Waals surface area contributed by atoms with Crippen LogP contribution in [-0.4, -0.2) is 62.0 Å². The van der Waals surface area contributed by atoms with Crippen LogP contribution in [0.1, 0.15) is 78.6 Å². The summed E-state index contributed by atoms with van der Waals surface area (Å²) in [5, 5.41) is 37.5. The minimum atomic E-state index is -0.931. The average Bonchev–Trinajstić information content (AvgIpc) is 3.55. The molecule has 3 aliphatic rings. The van der Waals surface area contributed by atoms with Crippen molar-refractivity contribution in [1.29, 1.82) is 0 Å². The normalized spacial score (nSPS) is 24.1. The Balaban J connectivity index is 1.36. The van der Waals surface area contributed by atoms with Gasteiger partial charge in [0.2, 0.25) is 0 Å². The maximum Gasteiger partial charge on any atom is 0.128 e. The quantitative estimate of drug-likeness (QED) is 0.189. The average molecular weight is 634 g/mol. The van der Waals surface area contributed by atoms with Gasteiger partial charge in [0.1, 0.15) is 34.9 Å². The van der Waals surface area contributed by atoms with E-state index < -0.39 is 24.0 Å². The number of ether oxygens (including phenoxy) is 5. The SMILES string of the molecule is CNCc1cc2c(cc1OC)[C@H](O)[C@H]([C@@H]1COc3c(Cc4cccc(O)c4)cc(OC4CCCC4)cc3[C@H]1O)[C@@H](CCCOC)O2. The molecule has 3 aromatic carbocycles. The summed E-state index contributed by atoms with van der Waals surface area (Å²) in [4.78, 5) is 0. The minimum Gasteiger partial charge on any atom is -0.508 e. The Morgan fingerprint density at radius 3 is 2.52 bits per heavy atom. The van der Waals surface area contributed by atoms with Gasteiger partial charge in [-0.1, -0.05) is 12.1 Å². The van der Waals surface area contributed by atoms with Gasteiger partial charge >= 0.3 is 0 Å². The molecule has 1 fully saturated rings. The van der Waals surface area contributed by atoms with Gasteiger partial charge < -0.3 is 44.3 Å². The van der Waals surface area contributed by atoms with Crippen molar-refractivity contribution in [3.8, 4) is 28.7 Å². The first kappa shape index (κ1) is 32.4. The van der Waals surface area contributed by atoms with E-state index in [4.69, 9.17) is 23.7 Å². The third-order valence-electron chi connectivity index (χ3n) is 9.72. The first-order chi connectivity index (χ1) is 22.4. The van der Waals surface area contributed by atoms with E-state index in [1.165, 1.54) is 0 Å². The highest BCUT2D eigenvalue weighted by Gasteiger charge is 2.47. The monoisotopic (exact) mass is 633 g/mol. The van der Waals surface area contributed by atoms with Gasteiger partial charge in [-0.3, -0.25) is 0 Å². The van der Waals surface area contributed by atoms with Crippen LogP contribution in [0.25, 0.3) is 0 Å². The van der Waals surface area contributed by atoms with Gasteiger partial charge in [0, 0.05) is 60.8 Å². The Hall–Kier alpha value is -3.50. The highest BCUT2D eigenvalue weighted by molar-refractivity contribution is 5.53. The zero-order chi connectivity index (χ0) is 32.2. The highest BCUT2D eigenvalue weighted by atomic mass is 16.5. The van der Waals surface area contributed by atoms with E-state index in [1.54, 1.807) is 26.4 Å². The van der Waals surface area contributed by atoms with Gasteiger partial charge in [0.25, 0.3) is 0 Å². The molecule has 9 nitrogen and oxygen atoms in total. The Morgan fingerprint density at radius 1 is 0.957 bits per heavy atom. The Morgan fingerprint density at radius 2 is 1.78 bits per heavy atom. The number of nitrogens with one attached hydrogen (secondary N) is 1. The zero-order valence-electron chi connectivity index (χ0n) is 27.0. The van der Waals surface area contributed by atoms with Gasteiger partial charge in [-0.15, -0.1) is 0 Å². The summed E-state index contributed by atoms with van der Waals surface area (Å²) in [5.41, 5.74) is 4.05. The van der Waals surface area contributed by atoms with Crippen LogP contribution in [0.15, 0.2) is 48.5 Å². The molecule has 1 aliphatic carbocycles. The van der Waals surface area contributed by atoms with Gasteiger partial charge in [0.15, 0.2) is 0 Å². The van der Waals surface area contributed by atoms with E-state index >= 15 is 0 Å². The molecule has 0 aromatic heterocycles. The summed E-state index contributed by atoms with van der Waals surface area (Å²) < 4.78 is 30.7. The predicted molar refractivity (Wildman–Crippen MR) is 174 cm³/mol. The van der Waals surface area contributed by atoms with Crippen molar-refractivity contribution in [1.82, 2.24) is 5.32 Å². The van der Waals surface area contributed by atoms with Crippen molar-refractivity contribution in [3.05, 3.63) is 76.3 Å². The number of benzene rings is 3. The maximum absolute atomic E-state index is 12.2. The lowest BCUT2D eigenvalue weighted by Gasteiger charge is -2.45. The first-order valence-electron chi connectivity index (χ1n) is 16.5. The Labute approximate surface area is 271 Å². The second-order valence-corrected chi connectivity index (χ2v) is 12.8. The molecule has 46 heavy (non-hydrogen) atoms. The molecule has 1 saturated carbocycles. The number of phenols is 1. The molecule has 0 saturated heterocycles. The number of fused-ring (bicyclic) bond motifs is 2. The second-order valence-electron chi connectivity index (χ2n) is 12.8. The van der Waals surface area contributed by atoms with Crippen LogP contribution in [0.5, 0.6) is 28.7 Å². The van der Waals surface area contributed by atoms with Crippen molar-refractivity contribution in [3.63, 3.8) is 0 Å². The molecule has 248 valence electrons. The maximum atomic E-state index is 12.2. The van der Waals surface area contributed by atoms with E-state index in [0.29, 0.717) is 60.1 Å². The molecule has 0 unspecified atom stereocenters. The molecule has 0 spiro atoms. The van der Waals surface area contributed by atoms with Crippen molar-refractivity contribution < 1.29 is 39.0 Å². The molecular weight excluding hydrogens is 586 g/mol. The number of aliphatic hydroxyl groups is 2. The van der Waals surface area contributed by atoms with Gasteiger partial charge in [-0.2, -0.15) is 0 Å². The molecule has 0 amide bonds. The number of phenolic OH excluding ortho intramolecular Hbond substituents is 1. The molecule has 5 atom stereocenters. The number of methoxy groups -OCH3 is 2. The lowest BCUT2D eigenvalue weighted by Crippen LogP contribution is -2.46. The second kappa shape index (κ2) is 14.5. The number of aliphatic hydroxyl groups excluding tert-OH is 2. The van der Waals surface area contributed by atoms with E-state index in [1.807, 2.05) is 43.4 Å². The molecule has 0 bridgehead atoms. The van der Waals surface area contributed by atoms with Crippen LogP contribution < -0.4 is 24.3 Å². The van der Waals surface area contributed by atoms with Crippen LogP contribution in [-0.2, 0) is 17.7 Å². The van der Waals surface area contributed by atoms with Crippen LogP contribution in [0, 0.1) is 11.8 Å². The third-order valence-corrected chi connectivity index (χ3v) is 9.72. The van der Waals surface area contributed by atoms with Gasteiger partial charge in [-0.25, -0.2) is 0 Å². The van der Waals surface area contributed by atoms with Crippen LogP contribution >= 0.6 is 0 Å². The van der Waals surface area contributed by atoms with Crippen molar-refractivity contribution in [2.75, 3.05) is 34.5 Å². The number of rotatable bonds is 12. The standard InChI is InChI=1S/C37H47NO8/c1-38-20-24-17-33-28(19-32(24)43-3)36(41)34(31(46-33)12-7-13-42-2)30-21-44-37-23(14-22-8-6-9-25(39)15-22)16-27(18-29(37)35(30)40)45-26-10-4-5-11-26/h6,8-9,15-19,26,30-31,34-36,38-41H,4-5,7,10-14,20-21H2,1-3H3/t30-,31+,34+,35+,36-/m0/s1. The Kier molecular flexibility index (Phi) is 10.2. The topological polar surface area (TPSA) is 119 Å². The number of aromatic hydroxyl groups is 1. The first-order valence-corrected chi connectivity index (χ1v) is 16.5. The third kappa shape index (κ3) is 6.79. The van der Waals surface area contributed by atoms with Gasteiger partial charge in [-0.05, 0) is 87.5 Å². The lowest BCUT2D eigenvalue weighted by atomic mass is 9.72. The lowest BCUT2D eigenvalue weighted by molar-refractivity contribution is -0.0890. The number of hydrogen-bond donors (Lipinski definition) is 4. The predicted octanol–water partition coefficient (Wildman–Crippen LogP) is 5.61. The fraction of sp³-hybridized carbons (Fsp3) is 0.514. The smallest absolute Gasteiger partial charge is 0.128 e. The molecule has 4 N–H and O–H groups in total. The fourth-order valence-corrected chi connectivity index (χ4v) is 7.50. The summed E-state index contributed by atoms with van der Waals surface area (Å²) >= 11 is 0. The molecule has 9 heteroatoms. The van der Waals surface area contributed by atoms with Crippen LogP contribution in [0.4, 0.5) is 0 Å². The highest BCUT2D eigenvalue weighted by Crippen LogP contribution is 2.51. The van der Waals surface area contributed by atoms with Crippen molar-refractivity contribution in [2.24, 2.45) is 11.8 Å². The zero-order valence-corrected chi connectivity index (χ0v) is 27.0. The largest absolute Gasteiger partial charge is 0.508 e. The van der Waals surface area contributed by atoms with Gasteiger partial charge in [0.05, 0.1) is 32.0 Å². The Bertz CT molecular complexity index is 1490. The van der Waals surface area contributed by atoms with E-state index in [-0.39, 0.29) is 24.6 Å². The molecule has 2 aliphatic heterocycles. The van der Waals surface area contributed by atoms with Crippen LogP contribution in [0.2, 0.25) is 0 Å². The van der Waals surface area contributed by atoms with Crippen LogP contribution in [0.3, 0.4) is 0 Å². The van der Waals surface area contributed by atoms with E-state index in [9.17, 15) is 15.3 Å². The van der Waals surface area contributed by atoms with Crippen molar-refractivity contribution >= 4 is 0 Å². The molecular formula is C37H47NO8. The molecule has 0 radical (unpaired) electrons. The summed E-state index contributed by atoms with van der Waals surface area (Å²) in [6.07, 6.45) is 4.13. The van der Waals surface area contributed by atoms with E-state index in [0.717, 1.165) is 48.8 Å². The summed E-state index contributed by atoms with van der Waals surface area (Å²) in [6.45, 7) is 1.37. The van der Waals surface area contributed by atoms with Crippen molar-refractivity contribution in [2.45, 2.75) is 75.9 Å². The molecule has 2 heterocycles. The summed E-state index contributed by atoms with van der Waals surface area (Å²) in [6, 6.07) is 14.9. The summed E-state index contributed by atoms with van der Waals surface area (Å²) in [5.74, 6) is 1.92. The molecule has 3 aromatic rings. The summed E-state index contributed by atoms with van der Waals surface area (Å²) in [7, 11) is 5.17. The minimum absolute atomic E-state index is 0.141.